The van der Waals surface area contributed by atoms with E-state index < -0.39 is 0 Å². The zero-order chi connectivity index (χ0) is 13.9. The third-order valence-corrected chi connectivity index (χ3v) is 3.00. The maximum absolute atomic E-state index is 11.9. The smallest absolute Gasteiger partial charge is 0.241 e. The summed E-state index contributed by atoms with van der Waals surface area (Å²) in [7, 11) is 3.63. The number of amides is 1. The van der Waals surface area contributed by atoms with Crippen LogP contribution in [0.4, 0.5) is 0 Å². The minimum Gasteiger partial charge on any atom is -0.289 e. The van der Waals surface area contributed by atoms with E-state index in [-0.39, 0.29) is 17.2 Å². The Hall–Kier alpha value is -1.35. The molecule has 1 amide bonds. The normalized spacial score (nSPS) is 13.5. The van der Waals surface area contributed by atoms with Gasteiger partial charge in [-0.3, -0.25) is 10.2 Å². The van der Waals surface area contributed by atoms with Crippen LogP contribution < -0.4 is 5.43 Å². The molecule has 0 radical (unpaired) electrons. The molecule has 0 bridgehead atoms. The molecule has 0 aliphatic carbocycles. The van der Waals surface area contributed by atoms with Crippen LogP contribution in [0.25, 0.3) is 0 Å². The lowest BCUT2D eigenvalue weighted by Crippen LogP contribution is -2.38. The van der Waals surface area contributed by atoms with Crippen LogP contribution in [0.15, 0.2) is 24.3 Å². The number of carbonyl (C=O) groups excluding carboxylic acids is 1. The maximum atomic E-state index is 11.9. The lowest BCUT2D eigenvalue weighted by Gasteiger charge is -2.21. The van der Waals surface area contributed by atoms with Gasteiger partial charge in [-0.2, -0.15) is 0 Å². The van der Waals surface area contributed by atoms with Gasteiger partial charge in [0, 0.05) is 14.1 Å². The van der Waals surface area contributed by atoms with Crippen molar-refractivity contribution in [2.75, 3.05) is 14.1 Å². The Morgan fingerprint density at radius 2 is 1.67 bits per heavy atom. The Kier molecular flexibility index (Phi) is 4.52. The van der Waals surface area contributed by atoms with Crippen LogP contribution in [-0.4, -0.2) is 25.0 Å². The number of nitrogens with zero attached hydrogens (tertiary/aromatic N) is 1. The van der Waals surface area contributed by atoms with Crippen molar-refractivity contribution < 1.29 is 4.79 Å². The number of hydrazine groups is 1. The predicted molar refractivity (Wildman–Crippen MR) is 75.4 cm³/mol. The third kappa shape index (κ3) is 3.84. The van der Waals surface area contributed by atoms with E-state index in [9.17, 15) is 4.79 Å². The van der Waals surface area contributed by atoms with Gasteiger partial charge in [0.25, 0.3) is 0 Å². The number of benzene rings is 1. The monoisotopic (exact) mass is 248 g/mol. The Morgan fingerprint density at radius 3 is 2.06 bits per heavy atom. The summed E-state index contributed by atoms with van der Waals surface area (Å²) in [5.74, 6) is -0.120. The molecule has 0 aromatic heterocycles. The van der Waals surface area contributed by atoms with Crippen LogP contribution in [0, 0.1) is 0 Å². The van der Waals surface area contributed by atoms with Gasteiger partial charge in [-0.05, 0) is 23.5 Å². The molecule has 1 unspecified atom stereocenters. The first-order valence-corrected chi connectivity index (χ1v) is 6.30. The van der Waals surface area contributed by atoms with Gasteiger partial charge >= 0.3 is 0 Å². The molecule has 18 heavy (non-hydrogen) atoms. The first-order valence-electron chi connectivity index (χ1n) is 6.30. The van der Waals surface area contributed by atoms with Gasteiger partial charge in [-0.1, -0.05) is 45.0 Å². The van der Waals surface area contributed by atoms with Gasteiger partial charge in [0.1, 0.15) is 0 Å². The Morgan fingerprint density at radius 1 is 1.17 bits per heavy atom. The SMILES string of the molecule is CC(C(=O)NN(C)C)c1ccc(C(C)(C)C)cc1. The summed E-state index contributed by atoms with van der Waals surface area (Å²) in [4.78, 5) is 11.9. The molecule has 1 aromatic rings. The first kappa shape index (κ1) is 14.7. The Balaban J connectivity index is 2.82. The van der Waals surface area contributed by atoms with Crippen LogP contribution in [0.5, 0.6) is 0 Å². The lowest BCUT2D eigenvalue weighted by molar-refractivity contribution is -0.125. The Bertz CT molecular complexity index is 401. The fraction of sp³-hybridized carbons (Fsp3) is 0.533. The second-order valence-electron chi connectivity index (χ2n) is 5.96. The predicted octanol–water partition coefficient (Wildman–Crippen LogP) is 2.68. The van der Waals surface area contributed by atoms with Crippen molar-refractivity contribution in [2.45, 2.75) is 39.0 Å². The van der Waals surface area contributed by atoms with Gasteiger partial charge in [0.15, 0.2) is 0 Å². The molecule has 0 heterocycles. The molecule has 0 saturated heterocycles. The van der Waals surface area contributed by atoms with Crippen molar-refractivity contribution in [3.8, 4) is 0 Å². The van der Waals surface area contributed by atoms with E-state index in [1.807, 2.05) is 33.2 Å². The Labute approximate surface area is 110 Å². The molecule has 0 aliphatic heterocycles. The minimum atomic E-state index is -0.138. The van der Waals surface area contributed by atoms with Crippen molar-refractivity contribution in [1.82, 2.24) is 10.4 Å². The molecule has 0 saturated carbocycles. The largest absolute Gasteiger partial charge is 0.289 e. The summed E-state index contributed by atoms with van der Waals surface area (Å²) in [6.45, 7) is 8.48. The molecule has 100 valence electrons. The standard InChI is InChI=1S/C15H24N2O/c1-11(14(18)16-17(5)6)12-7-9-13(10-8-12)15(2,3)4/h7-11H,1-6H3,(H,16,18). The molecular formula is C15H24N2O. The van der Waals surface area contributed by atoms with E-state index in [4.69, 9.17) is 0 Å². The van der Waals surface area contributed by atoms with Crippen LogP contribution in [0.2, 0.25) is 0 Å². The van der Waals surface area contributed by atoms with Gasteiger partial charge in [0.05, 0.1) is 5.92 Å². The van der Waals surface area contributed by atoms with Crippen molar-refractivity contribution in [3.63, 3.8) is 0 Å². The van der Waals surface area contributed by atoms with E-state index in [0.29, 0.717) is 0 Å². The second-order valence-corrected chi connectivity index (χ2v) is 5.96. The quantitative estimate of drug-likeness (QED) is 0.834. The molecule has 1 N–H and O–H groups in total. The van der Waals surface area contributed by atoms with E-state index in [1.165, 1.54) is 5.56 Å². The van der Waals surface area contributed by atoms with Crippen LogP contribution in [0.1, 0.15) is 44.7 Å². The summed E-state index contributed by atoms with van der Waals surface area (Å²) in [6.07, 6.45) is 0. The van der Waals surface area contributed by atoms with Crippen molar-refractivity contribution in [3.05, 3.63) is 35.4 Å². The second kappa shape index (κ2) is 5.53. The van der Waals surface area contributed by atoms with Gasteiger partial charge in [0.2, 0.25) is 5.91 Å². The number of nitrogens with one attached hydrogen (secondary N) is 1. The molecule has 0 aliphatic rings. The summed E-state index contributed by atoms with van der Waals surface area (Å²) in [5, 5.41) is 1.67. The molecule has 1 rings (SSSR count). The maximum Gasteiger partial charge on any atom is 0.241 e. The number of hydrogen-bond acceptors (Lipinski definition) is 2. The van der Waals surface area contributed by atoms with Gasteiger partial charge in [-0.25, -0.2) is 5.01 Å². The molecule has 3 heteroatoms. The highest BCUT2D eigenvalue weighted by Gasteiger charge is 2.17. The molecule has 0 spiro atoms. The zero-order valence-electron chi connectivity index (χ0n) is 12.2. The molecule has 0 fully saturated rings. The summed E-state index contributed by atoms with van der Waals surface area (Å²) < 4.78 is 0. The fourth-order valence-corrected chi connectivity index (χ4v) is 1.74. The van der Waals surface area contributed by atoms with Crippen LogP contribution >= 0.6 is 0 Å². The third-order valence-electron chi connectivity index (χ3n) is 3.00. The molecule has 1 aromatic carbocycles. The summed E-state index contributed by atoms with van der Waals surface area (Å²) >= 11 is 0. The topological polar surface area (TPSA) is 32.3 Å². The lowest BCUT2D eigenvalue weighted by atomic mass is 9.85. The summed E-state index contributed by atoms with van der Waals surface area (Å²) in [6, 6.07) is 8.30. The van der Waals surface area contributed by atoms with Crippen molar-refractivity contribution >= 4 is 5.91 Å². The van der Waals surface area contributed by atoms with Crippen molar-refractivity contribution in [1.29, 1.82) is 0 Å². The van der Waals surface area contributed by atoms with Gasteiger partial charge in [-0.15, -0.1) is 0 Å². The van der Waals surface area contributed by atoms with E-state index in [0.717, 1.165) is 5.56 Å². The molecule has 3 nitrogen and oxygen atoms in total. The van der Waals surface area contributed by atoms with Gasteiger partial charge < -0.3 is 0 Å². The number of hydrogen-bond donors (Lipinski definition) is 1. The van der Waals surface area contributed by atoms with Crippen molar-refractivity contribution in [2.24, 2.45) is 0 Å². The van der Waals surface area contributed by atoms with Crippen LogP contribution in [0.3, 0.4) is 0 Å². The number of carbonyl (C=O) groups is 1. The average molecular weight is 248 g/mol. The zero-order valence-corrected chi connectivity index (χ0v) is 12.2. The highest BCUT2D eigenvalue weighted by atomic mass is 16.2. The molecular weight excluding hydrogens is 224 g/mol. The highest BCUT2D eigenvalue weighted by Crippen LogP contribution is 2.24. The molecule has 1 atom stereocenters. The fourth-order valence-electron chi connectivity index (χ4n) is 1.74. The average Bonchev–Trinajstić information content (AvgIpc) is 2.26. The van der Waals surface area contributed by atoms with E-state index in [2.05, 4.69) is 38.3 Å². The highest BCUT2D eigenvalue weighted by molar-refractivity contribution is 5.82. The van der Waals surface area contributed by atoms with E-state index >= 15 is 0 Å². The first-order chi connectivity index (χ1) is 8.21. The number of rotatable bonds is 3. The minimum absolute atomic E-state index is 0.0171. The summed E-state index contributed by atoms with van der Waals surface area (Å²) in [5.41, 5.74) is 5.25. The van der Waals surface area contributed by atoms with E-state index in [1.54, 1.807) is 5.01 Å². The van der Waals surface area contributed by atoms with Crippen LogP contribution in [-0.2, 0) is 10.2 Å².